The number of hydrogen-bond donors (Lipinski definition) is 1. The summed E-state index contributed by atoms with van der Waals surface area (Å²) in [4.78, 5) is 25.0. The first-order chi connectivity index (χ1) is 9.97. The molecule has 1 amide bonds. The molecule has 2 unspecified atom stereocenters. The Balaban J connectivity index is 1.92. The van der Waals surface area contributed by atoms with Gasteiger partial charge in [0.15, 0.2) is 0 Å². The number of carbonyl (C=O) groups is 1. The number of fused-ring (bicyclic) bond motifs is 2. The smallest absolute Gasteiger partial charge is 0.270 e. The zero-order chi connectivity index (χ0) is 15.1. The van der Waals surface area contributed by atoms with Crippen LogP contribution in [0.15, 0.2) is 18.2 Å². The number of aryl methyl sites for hydroxylation is 1. The van der Waals surface area contributed by atoms with Crippen LogP contribution >= 0.6 is 0 Å². The van der Waals surface area contributed by atoms with E-state index in [4.69, 9.17) is 0 Å². The molecule has 0 radical (unpaired) electrons. The van der Waals surface area contributed by atoms with Crippen molar-refractivity contribution in [3.63, 3.8) is 0 Å². The number of piperidine rings is 1. The standard InChI is InChI=1S/C15H18N2O4/c1-9-2-3-12(17(20)21)8-14(9)15(19)16-10-4-5-11(16)7-13(18)6-10/h2-3,8,10-11,13,18H,4-7H2,1H3. The first-order valence-corrected chi connectivity index (χ1v) is 7.23. The maximum absolute atomic E-state index is 12.8. The minimum atomic E-state index is -0.481. The van der Waals surface area contributed by atoms with Crippen LogP contribution < -0.4 is 0 Å². The number of nitro benzene ring substituents is 1. The Morgan fingerprint density at radius 2 is 1.95 bits per heavy atom. The van der Waals surface area contributed by atoms with Crippen LogP contribution in [0.5, 0.6) is 0 Å². The SMILES string of the molecule is Cc1ccc([N+](=O)[O-])cc1C(=O)N1C2CCC1CC(O)C2. The Morgan fingerprint density at radius 3 is 2.52 bits per heavy atom. The van der Waals surface area contributed by atoms with Crippen LogP contribution in [0.3, 0.4) is 0 Å². The maximum atomic E-state index is 12.8. The Kier molecular flexibility index (Phi) is 3.41. The second-order valence-corrected chi connectivity index (χ2v) is 5.98. The largest absolute Gasteiger partial charge is 0.393 e. The first kappa shape index (κ1) is 14.0. The summed E-state index contributed by atoms with van der Waals surface area (Å²) in [6.45, 7) is 1.79. The zero-order valence-electron chi connectivity index (χ0n) is 11.9. The average Bonchev–Trinajstić information content (AvgIpc) is 2.70. The van der Waals surface area contributed by atoms with Crippen molar-refractivity contribution in [3.05, 3.63) is 39.4 Å². The molecule has 0 aliphatic carbocycles. The van der Waals surface area contributed by atoms with Crippen molar-refractivity contribution in [1.82, 2.24) is 4.90 Å². The maximum Gasteiger partial charge on any atom is 0.270 e. The molecule has 2 fully saturated rings. The van der Waals surface area contributed by atoms with E-state index >= 15 is 0 Å². The summed E-state index contributed by atoms with van der Waals surface area (Å²) in [5, 5.41) is 20.7. The molecular weight excluding hydrogens is 272 g/mol. The minimum Gasteiger partial charge on any atom is -0.393 e. The third kappa shape index (κ3) is 2.40. The van der Waals surface area contributed by atoms with E-state index in [1.807, 2.05) is 4.90 Å². The monoisotopic (exact) mass is 290 g/mol. The van der Waals surface area contributed by atoms with Crippen molar-refractivity contribution in [1.29, 1.82) is 0 Å². The summed E-state index contributed by atoms with van der Waals surface area (Å²) in [5.41, 5.74) is 1.09. The van der Waals surface area contributed by atoms with Gasteiger partial charge in [-0.25, -0.2) is 0 Å². The van der Waals surface area contributed by atoms with Gasteiger partial charge in [-0.3, -0.25) is 14.9 Å². The molecule has 1 aromatic carbocycles. The van der Waals surface area contributed by atoms with Gasteiger partial charge in [0.1, 0.15) is 0 Å². The van der Waals surface area contributed by atoms with Gasteiger partial charge in [0.2, 0.25) is 0 Å². The van der Waals surface area contributed by atoms with Gasteiger partial charge in [-0.05, 0) is 38.2 Å². The molecule has 0 saturated carbocycles. The molecule has 6 heteroatoms. The Morgan fingerprint density at radius 1 is 1.33 bits per heavy atom. The van der Waals surface area contributed by atoms with Crippen molar-refractivity contribution in [2.24, 2.45) is 0 Å². The number of amides is 1. The van der Waals surface area contributed by atoms with Gasteiger partial charge in [0, 0.05) is 29.8 Å². The van der Waals surface area contributed by atoms with Gasteiger partial charge in [-0.2, -0.15) is 0 Å². The third-order valence-electron chi connectivity index (χ3n) is 4.61. The fraction of sp³-hybridized carbons (Fsp3) is 0.533. The fourth-order valence-corrected chi connectivity index (χ4v) is 3.57. The van der Waals surface area contributed by atoms with Crippen molar-refractivity contribution in [2.45, 2.75) is 50.8 Å². The van der Waals surface area contributed by atoms with Crippen molar-refractivity contribution in [2.75, 3.05) is 0 Å². The number of benzene rings is 1. The summed E-state index contributed by atoms with van der Waals surface area (Å²) in [7, 11) is 0. The number of nitrogens with zero attached hydrogens (tertiary/aromatic N) is 2. The number of non-ortho nitro benzene ring substituents is 1. The Bertz CT molecular complexity index is 587. The van der Waals surface area contributed by atoms with E-state index in [0.717, 1.165) is 18.4 Å². The van der Waals surface area contributed by atoms with Gasteiger partial charge < -0.3 is 10.0 Å². The van der Waals surface area contributed by atoms with E-state index in [2.05, 4.69) is 0 Å². The van der Waals surface area contributed by atoms with Crippen LogP contribution in [0.4, 0.5) is 5.69 Å². The number of nitro groups is 1. The quantitative estimate of drug-likeness (QED) is 0.667. The number of aliphatic hydroxyl groups is 1. The molecular formula is C15H18N2O4. The van der Waals surface area contributed by atoms with Crippen molar-refractivity contribution in [3.8, 4) is 0 Å². The number of rotatable bonds is 2. The predicted molar refractivity (Wildman–Crippen MR) is 76.1 cm³/mol. The number of carbonyl (C=O) groups excluding carboxylic acids is 1. The second kappa shape index (κ2) is 5.11. The molecule has 2 saturated heterocycles. The van der Waals surface area contributed by atoms with Crippen LogP contribution in [-0.2, 0) is 0 Å². The van der Waals surface area contributed by atoms with E-state index in [0.29, 0.717) is 18.4 Å². The number of aliphatic hydroxyl groups excluding tert-OH is 1. The van der Waals surface area contributed by atoms with Crippen LogP contribution in [-0.4, -0.2) is 39.0 Å². The number of hydrogen-bond acceptors (Lipinski definition) is 4. The molecule has 3 rings (SSSR count). The highest BCUT2D eigenvalue weighted by atomic mass is 16.6. The van der Waals surface area contributed by atoms with E-state index in [1.54, 1.807) is 13.0 Å². The summed E-state index contributed by atoms with van der Waals surface area (Å²) in [6.07, 6.45) is 2.69. The molecule has 2 heterocycles. The molecule has 112 valence electrons. The highest BCUT2D eigenvalue weighted by Crippen LogP contribution is 2.37. The molecule has 21 heavy (non-hydrogen) atoms. The summed E-state index contributed by atoms with van der Waals surface area (Å²) in [5.74, 6) is -0.143. The average molecular weight is 290 g/mol. The highest BCUT2D eigenvalue weighted by Gasteiger charge is 2.43. The van der Waals surface area contributed by atoms with Gasteiger partial charge >= 0.3 is 0 Å². The van der Waals surface area contributed by atoms with E-state index in [-0.39, 0.29) is 29.8 Å². The summed E-state index contributed by atoms with van der Waals surface area (Å²) < 4.78 is 0. The molecule has 2 aliphatic rings. The van der Waals surface area contributed by atoms with Gasteiger partial charge in [0.05, 0.1) is 11.0 Å². The van der Waals surface area contributed by atoms with Crippen LogP contribution in [0, 0.1) is 17.0 Å². The molecule has 2 bridgehead atoms. The summed E-state index contributed by atoms with van der Waals surface area (Å²) in [6, 6.07) is 4.52. The van der Waals surface area contributed by atoms with E-state index in [1.165, 1.54) is 12.1 Å². The highest BCUT2D eigenvalue weighted by molar-refractivity contribution is 5.97. The Hall–Kier alpha value is -1.95. The lowest BCUT2D eigenvalue weighted by Crippen LogP contribution is -2.48. The molecule has 1 aromatic rings. The lowest BCUT2D eigenvalue weighted by molar-refractivity contribution is -0.384. The molecule has 0 aromatic heterocycles. The first-order valence-electron chi connectivity index (χ1n) is 7.23. The predicted octanol–water partition coefficient (Wildman–Crippen LogP) is 2.03. The van der Waals surface area contributed by atoms with E-state index < -0.39 is 4.92 Å². The topological polar surface area (TPSA) is 83.7 Å². The molecule has 2 atom stereocenters. The van der Waals surface area contributed by atoms with Gasteiger partial charge in [0.25, 0.3) is 11.6 Å². The fourth-order valence-electron chi connectivity index (χ4n) is 3.57. The lowest BCUT2D eigenvalue weighted by atomic mass is 9.97. The minimum absolute atomic E-state index is 0.0601. The van der Waals surface area contributed by atoms with Crippen LogP contribution in [0.1, 0.15) is 41.6 Å². The lowest BCUT2D eigenvalue weighted by Gasteiger charge is -2.37. The zero-order valence-corrected chi connectivity index (χ0v) is 11.9. The van der Waals surface area contributed by atoms with E-state index in [9.17, 15) is 20.0 Å². The van der Waals surface area contributed by atoms with Gasteiger partial charge in [-0.15, -0.1) is 0 Å². The van der Waals surface area contributed by atoms with Crippen LogP contribution in [0.25, 0.3) is 0 Å². The second-order valence-electron chi connectivity index (χ2n) is 5.98. The summed E-state index contributed by atoms with van der Waals surface area (Å²) >= 11 is 0. The van der Waals surface area contributed by atoms with Gasteiger partial charge in [-0.1, -0.05) is 6.07 Å². The molecule has 1 N–H and O–H groups in total. The van der Waals surface area contributed by atoms with Crippen LogP contribution in [0.2, 0.25) is 0 Å². The molecule has 2 aliphatic heterocycles. The normalized spacial score (nSPS) is 27.7. The van der Waals surface area contributed by atoms with Crippen molar-refractivity contribution >= 4 is 11.6 Å². The molecule has 6 nitrogen and oxygen atoms in total. The third-order valence-corrected chi connectivity index (χ3v) is 4.61. The Labute approximate surface area is 122 Å². The molecule has 0 spiro atoms. The van der Waals surface area contributed by atoms with Crippen molar-refractivity contribution < 1.29 is 14.8 Å².